The van der Waals surface area contributed by atoms with Gasteiger partial charge in [-0.25, -0.2) is 0 Å². The summed E-state index contributed by atoms with van der Waals surface area (Å²) in [6, 6.07) is 3.53. The van der Waals surface area contributed by atoms with Gasteiger partial charge in [0.25, 0.3) is 0 Å². The molecular formula is C16H29NOSi. The number of unbranched alkanes of at least 4 members (excludes halogenated alkanes) is 1. The maximum absolute atomic E-state index is 9.05. The van der Waals surface area contributed by atoms with E-state index < -0.39 is 8.32 Å². The van der Waals surface area contributed by atoms with Crippen LogP contribution in [0.15, 0.2) is 11.6 Å². The summed E-state index contributed by atoms with van der Waals surface area (Å²) in [5.74, 6) is 0. The molecule has 2 atom stereocenters. The first-order valence-corrected chi connectivity index (χ1v) is 10.2. The van der Waals surface area contributed by atoms with Crippen molar-refractivity contribution in [2.45, 2.75) is 83.5 Å². The molecule has 0 aromatic carbocycles. The predicted octanol–water partition coefficient (Wildman–Crippen LogP) is 5.18. The van der Waals surface area contributed by atoms with Gasteiger partial charge in [-0.3, -0.25) is 0 Å². The summed E-state index contributed by atoms with van der Waals surface area (Å²) in [6.07, 6.45) is 7.73. The molecule has 1 rings (SSSR count). The van der Waals surface area contributed by atoms with E-state index >= 15 is 0 Å². The fourth-order valence-corrected chi connectivity index (χ4v) is 5.75. The lowest BCUT2D eigenvalue weighted by atomic mass is 9.98. The summed E-state index contributed by atoms with van der Waals surface area (Å²) in [7, 11) is -1.74. The molecule has 2 unspecified atom stereocenters. The third kappa shape index (κ3) is 4.47. The molecule has 0 bridgehead atoms. The van der Waals surface area contributed by atoms with E-state index in [2.05, 4.69) is 46.4 Å². The quantitative estimate of drug-likeness (QED) is 0.649. The summed E-state index contributed by atoms with van der Waals surface area (Å²) in [4.78, 5) is 0. The molecule has 0 heterocycles. The van der Waals surface area contributed by atoms with Crippen LogP contribution in [0.3, 0.4) is 0 Å². The monoisotopic (exact) mass is 279 g/mol. The lowest BCUT2D eigenvalue weighted by Gasteiger charge is -2.42. The molecule has 0 saturated heterocycles. The molecule has 0 spiro atoms. The molecule has 0 aliphatic heterocycles. The minimum absolute atomic E-state index is 0.260. The second-order valence-corrected chi connectivity index (χ2v) is 11.6. The highest BCUT2D eigenvalue weighted by Gasteiger charge is 2.43. The van der Waals surface area contributed by atoms with Gasteiger partial charge in [0.2, 0.25) is 0 Å². The Morgan fingerprint density at radius 3 is 2.68 bits per heavy atom. The number of rotatable bonds is 5. The molecule has 108 valence electrons. The second-order valence-electron chi connectivity index (χ2n) is 6.95. The summed E-state index contributed by atoms with van der Waals surface area (Å²) >= 11 is 0. The molecular weight excluding hydrogens is 250 g/mol. The highest BCUT2D eigenvalue weighted by Crippen LogP contribution is 2.42. The maximum Gasteiger partial charge on any atom is 0.195 e. The van der Waals surface area contributed by atoms with Gasteiger partial charge in [-0.2, -0.15) is 5.26 Å². The molecule has 3 heteroatoms. The van der Waals surface area contributed by atoms with Crippen molar-refractivity contribution in [3.8, 4) is 6.07 Å². The molecule has 19 heavy (non-hydrogen) atoms. The van der Waals surface area contributed by atoms with Crippen molar-refractivity contribution in [2.24, 2.45) is 0 Å². The van der Waals surface area contributed by atoms with E-state index in [1.54, 1.807) is 0 Å². The van der Waals surface area contributed by atoms with Crippen molar-refractivity contribution in [3.05, 3.63) is 11.6 Å². The highest BCUT2D eigenvalue weighted by molar-refractivity contribution is 6.75. The Labute approximate surface area is 120 Å². The number of nitrogens with zero attached hydrogens (tertiary/aromatic N) is 1. The minimum Gasteiger partial charge on any atom is -0.413 e. The smallest absolute Gasteiger partial charge is 0.195 e. The molecule has 0 aromatic heterocycles. The largest absolute Gasteiger partial charge is 0.413 e. The van der Waals surface area contributed by atoms with E-state index in [0.717, 1.165) is 24.8 Å². The van der Waals surface area contributed by atoms with Crippen LogP contribution in [0.5, 0.6) is 0 Å². The zero-order valence-electron chi connectivity index (χ0n) is 13.3. The first-order chi connectivity index (χ1) is 8.82. The lowest BCUT2D eigenvalue weighted by Crippen LogP contribution is -2.47. The van der Waals surface area contributed by atoms with E-state index in [9.17, 15) is 0 Å². The number of allylic oxidation sites excluding steroid dienone is 1. The summed E-state index contributed by atoms with van der Waals surface area (Å²) in [6.45, 7) is 11.6. The standard InChI is InChI=1S/C16H29NOSi/c1-6-7-11-19(5,16(2,3)4)18-15-10-8-9-14(12-15)13-17/h9,15H,6-8,10-12H2,1-5H3. The first-order valence-electron chi connectivity index (χ1n) is 7.59. The van der Waals surface area contributed by atoms with E-state index in [-0.39, 0.29) is 11.1 Å². The van der Waals surface area contributed by atoms with E-state index in [1.807, 2.05) is 0 Å². The first kappa shape index (κ1) is 16.5. The summed E-state index contributed by atoms with van der Waals surface area (Å²) in [5, 5.41) is 9.31. The van der Waals surface area contributed by atoms with Crippen LogP contribution < -0.4 is 0 Å². The van der Waals surface area contributed by atoms with Crippen LogP contribution in [0.2, 0.25) is 17.6 Å². The Morgan fingerprint density at radius 2 is 2.16 bits per heavy atom. The molecule has 0 radical (unpaired) electrons. The van der Waals surface area contributed by atoms with Crippen LogP contribution in [0, 0.1) is 11.3 Å². The summed E-state index contributed by atoms with van der Waals surface area (Å²) in [5.41, 5.74) is 0.914. The van der Waals surface area contributed by atoms with Crippen molar-refractivity contribution in [1.82, 2.24) is 0 Å². The fourth-order valence-electron chi connectivity index (χ4n) is 2.56. The van der Waals surface area contributed by atoms with Crippen LogP contribution in [0.1, 0.15) is 59.8 Å². The van der Waals surface area contributed by atoms with Gasteiger partial charge < -0.3 is 4.43 Å². The average Bonchev–Trinajstić information content (AvgIpc) is 2.35. The van der Waals surface area contributed by atoms with Gasteiger partial charge in [-0.05, 0) is 30.5 Å². The zero-order valence-corrected chi connectivity index (χ0v) is 14.3. The predicted molar refractivity (Wildman–Crippen MR) is 83.5 cm³/mol. The van der Waals surface area contributed by atoms with Crippen molar-refractivity contribution >= 4 is 8.32 Å². The fraction of sp³-hybridized carbons (Fsp3) is 0.812. The minimum atomic E-state index is -1.74. The zero-order chi connectivity index (χ0) is 14.5. The van der Waals surface area contributed by atoms with E-state index in [4.69, 9.17) is 9.69 Å². The van der Waals surface area contributed by atoms with Crippen LogP contribution in [0.25, 0.3) is 0 Å². The maximum atomic E-state index is 9.05. The van der Waals surface area contributed by atoms with Crippen molar-refractivity contribution in [2.75, 3.05) is 0 Å². The lowest BCUT2D eigenvalue weighted by molar-refractivity contribution is 0.164. The molecule has 0 saturated carbocycles. The van der Waals surface area contributed by atoms with Gasteiger partial charge in [0.15, 0.2) is 8.32 Å². The molecule has 0 fully saturated rings. The van der Waals surface area contributed by atoms with Crippen LogP contribution >= 0.6 is 0 Å². The van der Waals surface area contributed by atoms with Crippen molar-refractivity contribution in [1.29, 1.82) is 5.26 Å². The van der Waals surface area contributed by atoms with Crippen LogP contribution in [0.4, 0.5) is 0 Å². The molecule has 2 nitrogen and oxygen atoms in total. The van der Waals surface area contributed by atoms with Gasteiger partial charge in [-0.15, -0.1) is 0 Å². The SMILES string of the molecule is CCCC[Si](C)(OC1CCC=C(C#N)C1)C(C)(C)C. The molecule has 0 aromatic rings. The van der Waals surface area contributed by atoms with Crippen molar-refractivity contribution < 1.29 is 4.43 Å². The average molecular weight is 280 g/mol. The third-order valence-corrected chi connectivity index (χ3v) is 9.83. The van der Waals surface area contributed by atoms with Crippen molar-refractivity contribution in [3.63, 3.8) is 0 Å². The Morgan fingerprint density at radius 1 is 1.47 bits per heavy atom. The molecule has 1 aliphatic rings. The van der Waals surface area contributed by atoms with E-state index in [1.165, 1.54) is 18.9 Å². The second kappa shape index (κ2) is 6.72. The normalized spacial score (nSPS) is 23.4. The Kier molecular flexibility index (Phi) is 5.82. The van der Waals surface area contributed by atoms with Crippen LogP contribution in [-0.2, 0) is 4.43 Å². The van der Waals surface area contributed by atoms with Gasteiger partial charge in [0, 0.05) is 12.0 Å². The van der Waals surface area contributed by atoms with Gasteiger partial charge in [-0.1, -0.05) is 46.6 Å². The van der Waals surface area contributed by atoms with E-state index in [0.29, 0.717) is 0 Å². The number of hydrogen-bond donors (Lipinski definition) is 0. The van der Waals surface area contributed by atoms with Gasteiger partial charge in [0.1, 0.15) is 0 Å². The Hall–Kier alpha value is -0.593. The molecule has 0 N–H and O–H groups in total. The highest BCUT2D eigenvalue weighted by atomic mass is 28.4. The molecule has 0 amide bonds. The third-order valence-electron chi connectivity index (χ3n) is 4.49. The summed E-state index contributed by atoms with van der Waals surface area (Å²) < 4.78 is 6.62. The Balaban J connectivity index is 2.74. The van der Waals surface area contributed by atoms with Crippen LogP contribution in [-0.4, -0.2) is 14.4 Å². The molecule has 1 aliphatic carbocycles. The van der Waals surface area contributed by atoms with Gasteiger partial charge in [0.05, 0.1) is 12.2 Å². The van der Waals surface area contributed by atoms with Gasteiger partial charge >= 0.3 is 0 Å². The number of hydrogen-bond acceptors (Lipinski definition) is 2. The Bertz CT molecular complexity index is 364. The number of nitriles is 1. The topological polar surface area (TPSA) is 33.0 Å².